The summed E-state index contributed by atoms with van der Waals surface area (Å²) in [6.45, 7) is 0.868. The van der Waals surface area contributed by atoms with Crippen LogP contribution in [0.15, 0.2) is 47.4 Å². The van der Waals surface area contributed by atoms with Crippen molar-refractivity contribution in [1.29, 1.82) is 0 Å². The third kappa shape index (κ3) is 3.91. The zero-order chi connectivity index (χ0) is 21.3. The number of aromatic nitrogens is 3. The first-order valence-corrected chi connectivity index (χ1v) is 9.69. The zero-order valence-electron chi connectivity index (χ0n) is 16.1. The zero-order valence-corrected chi connectivity index (χ0v) is 16.8. The van der Waals surface area contributed by atoms with Gasteiger partial charge in [-0.3, -0.25) is 9.59 Å². The highest BCUT2D eigenvalue weighted by Gasteiger charge is 2.30. The molecule has 30 heavy (non-hydrogen) atoms. The van der Waals surface area contributed by atoms with E-state index in [-0.39, 0.29) is 22.4 Å². The molecule has 154 valence electrons. The molecular formula is C21H18ClFN4O3. The molecule has 0 aliphatic carbocycles. The number of carbonyl (C=O) groups excluding carboxylic acids is 1. The first-order chi connectivity index (χ1) is 14.5. The standard InChI is InChI=1S/C21H18ClFN4O3/c1-30-20-14(3-2-7-24-20)17-10-18(28)26-19(25-17)13-6-8-27(11-13)21(29)12-4-5-16(23)15(22)9-12/h2-5,7,9-10,13H,6,8,11H2,1H3,(H,25,26,28)/t13-/m1/s1. The van der Waals surface area contributed by atoms with Crippen LogP contribution >= 0.6 is 11.6 Å². The summed E-state index contributed by atoms with van der Waals surface area (Å²) >= 11 is 5.80. The highest BCUT2D eigenvalue weighted by Crippen LogP contribution is 2.29. The summed E-state index contributed by atoms with van der Waals surface area (Å²) in [5.41, 5.74) is 1.08. The Morgan fingerprint density at radius 3 is 2.93 bits per heavy atom. The molecule has 3 heterocycles. The number of methoxy groups -OCH3 is 1. The third-order valence-corrected chi connectivity index (χ3v) is 5.32. The molecule has 1 aliphatic rings. The van der Waals surface area contributed by atoms with Crippen LogP contribution in [-0.4, -0.2) is 46.0 Å². The third-order valence-electron chi connectivity index (χ3n) is 5.03. The Hall–Kier alpha value is -3.26. The summed E-state index contributed by atoms with van der Waals surface area (Å²) in [4.78, 5) is 38.2. The van der Waals surface area contributed by atoms with Gasteiger partial charge in [-0.05, 0) is 36.8 Å². The molecular weight excluding hydrogens is 411 g/mol. The van der Waals surface area contributed by atoms with Crippen molar-refractivity contribution in [2.24, 2.45) is 0 Å². The second kappa shape index (κ2) is 8.23. The largest absolute Gasteiger partial charge is 0.481 e. The lowest BCUT2D eigenvalue weighted by atomic mass is 10.1. The molecule has 1 N–H and O–H groups in total. The predicted octanol–water partition coefficient (Wildman–Crippen LogP) is 3.26. The van der Waals surface area contributed by atoms with Crippen LogP contribution in [-0.2, 0) is 0 Å². The number of rotatable bonds is 4. The number of ether oxygens (including phenoxy) is 1. The summed E-state index contributed by atoms with van der Waals surface area (Å²) in [5, 5.41) is -0.0966. The molecule has 2 aromatic heterocycles. The number of amides is 1. The number of nitrogens with one attached hydrogen (secondary N) is 1. The van der Waals surface area contributed by atoms with E-state index in [0.717, 1.165) is 0 Å². The fourth-order valence-corrected chi connectivity index (χ4v) is 3.72. The van der Waals surface area contributed by atoms with Crippen LogP contribution in [0.3, 0.4) is 0 Å². The first-order valence-electron chi connectivity index (χ1n) is 9.31. The fourth-order valence-electron chi connectivity index (χ4n) is 3.54. The molecule has 4 rings (SSSR count). The molecule has 1 saturated heterocycles. The molecule has 7 nitrogen and oxygen atoms in total. The molecule has 0 spiro atoms. The van der Waals surface area contributed by atoms with Gasteiger partial charge in [0, 0.05) is 36.8 Å². The monoisotopic (exact) mass is 428 g/mol. The molecule has 9 heteroatoms. The molecule has 0 saturated carbocycles. The number of aromatic amines is 1. The van der Waals surface area contributed by atoms with E-state index in [4.69, 9.17) is 16.3 Å². The van der Waals surface area contributed by atoms with Crippen molar-refractivity contribution in [1.82, 2.24) is 19.9 Å². The number of hydrogen-bond donors (Lipinski definition) is 1. The molecule has 1 aromatic carbocycles. The summed E-state index contributed by atoms with van der Waals surface area (Å²) in [5.74, 6) is -0.0854. The van der Waals surface area contributed by atoms with Gasteiger partial charge in [-0.1, -0.05) is 11.6 Å². The number of carbonyl (C=O) groups is 1. The Kier molecular flexibility index (Phi) is 5.50. The molecule has 0 unspecified atom stereocenters. The van der Waals surface area contributed by atoms with Crippen LogP contribution in [0.4, 0.5) is 4.39 Å². The Labute approximate surface area is 176 Å². The smallest absolute Gasteiger partial charge is 0.253 e. The average molecular weight is 429 g/mol. The van der Waals surface area contributed by atoms with Crippen molar-refractivity contribution >= 4 is 17.5 Å². The SMILES string of the molecule is COc1ncccc1-c1cc(=O)[nH]c([C@@H]2CCN(C(=O)c3ccc(F)c(Cl)c3)C2)n1. The van der Waals surface area contributed by atoms with Gasteiger partial charge in [0.2, 0.25) is 5.88 Å². The summed E-state index contributed by atoms with van der Waals surface area (Å²) in [6, 6.07) is 8.81. The van der Waals surface area contributed by atoms with Crippen LogP contribution in [0.1, 0.15) is 28.5 Å². The first kappa shape index (κ1) is 20.0. The quantitative estimate of drug-likeness (QED) is 0.689. The molecule has 1 atom stereocenters. The van der Waals surface area contributed by atoms with E-state index in [1.807, 2.05) is 0 Å². The molecule has 1 amide bonds. The van der Waals surface area contributed by atoms with E-state index in [9.17, 15) is 14.0 Å². The minimum absolute atomic E-state index is 0.0966. The molecule has 3 aromatic rings. The number of benzene rings is 1. The van der Waals surface area contributed by atoms with Gasteiger partial charge < -0.3 is 14.6 Å². The number of hydrogen-bond acceptors (Lipinski definition) is 5. The summed E-state index contributed by atoms with van der Waals surface area (Å²) < 4.78 is 18.6. The lowest BCUT2D eigenvalue weighted by Gasteiger charge is -2.17. The van der Waals surface area contributed by atoms with E-state index in [0.29, 0.717) is 48.0 Å². The highest BCUT2D eigenvalue weighted by molar-refractivity contribution is 6.31. The number of likely N-dealkylation sites (tertiary alicyclic amines) is 1. The van der Waals surface area contributed by atoms with Crippen molar-refractivity contribution < 1.29 is 13.9 Å². The van der Waals surface area contributed by atoms with Gasteiger partial charge in [0.1, 0.15) is 11.6 Å². The van der Waals surface area contributed by atoms with Crippen molar-refractivity contribution in [3.63, 3.8) is 0 Å². The van der Waals surface area contributed by atoms with E-state index in [1.165, 1.54) is 31.4 Å². The van der Waals surface area contributed by atoms with Crippen LogP contribution in [0.2, 0.25) is 5.02 Å². The Bertz CT molecular complexity index is 1170. The van der Waals surface area contributed by atoms with Crippen LogP contribution in [0, 0.1) is 5.82 Å². The van der Waals surface area contributed by atoms with Gasteiger partial charge in [0.05, 0.1) is 23.4 Å². The Balaban J connectivity index is 1.58. The van der Waals surface area contributed by atoms with Gasteiger partial charge in [-0.2, -0.15) is 0 Å². The van der Waals surface area contributed by atoms with Crippen molar-refractivity contribution in [2.75, 3.05) is 20.2 Å². The van der Waals surface area contributed by atoms with E-state index in [1.54, 1.807) is 23.2 Å². The van der Waals surface area contributed by atoms with E-state index in [2.05, 4.69) is 15.0 Å². The van der Waals surface area contributed by atoms with Crippen molar-refractivity contribution in [3.05, 3.63) is 75.2 Å². The molecule has 1 fully saturated rings. The second-order valence-electron chi connectivity index (χ2n) is 6.94. The topological polar surface area (TPSA) is 88.2 Å². The summed E-state index contributed by atoms with van der Waals surface area (Å²) in [6.07, 6.45) is 2.23. The Morgan fingerprint density at radius 1 is 1.33 bits per heavy atom. The van der Waals surface area contributed by atoms with Gasteiger partial charge in [0.25, 0.3) is 11.5 Å². The Morgan fingerprint density at radius 2 is 2.17 bits per heavy atom. The van der Waals surface area contributed by atoms with Crippen LogP contribution in [0.5, 0.6) is 5.88 Å². The number of nitrogens with zero attached hydrogens (tertiary/aromatic N) is 3. The summed E-state index contributed by atoms with van der Waals surface area (Å²) in [7, 11) is 1.50. The van der Waals surface area contributed by atoms with Gasteiger partial charge in [0.15, 0.2) is 0 Å². The lowest BCUT2D eigenvalue weighted by molar-refractivity contribution is 0.0790. The van der Waals surface area contributed by atoms with Crippen LogP contribution < -0.4 is 10.3 Å². The van der Waals surface area contributed by atoms with Gasteiger partial charge in [-0.15, -0.1) is 0 Å². The second-order valence-corrected chi connectivity index (χ2v) is 7.35. The van der Waals surface area contributed by atoms with Crippen molar-refractivity contribution in [3.8, 4) is 17.1 Å². The van der Waals surface area contributed by atoms with E-state index < -0.39 is 5.82 Å². The van der Waals surface area contributed by atoms with Gasteiger partial charge >= 0.3 is 0 Å². The fraction of sp³-hybridized carbons (Fsp3) is 0.238. The normalized spacial score (nSPS) is 16.0. The average Bonchev–Trinajstić information content (AvgIpc) is 3.25. The molecule has 1 aliphatic heterocycles. The predicted molar refractivity (Wildman–Crippen MR) is 109 cm³/mol. The highest BCUT2D eigenvalue weighted by atomic mass is 35.5. The number of H-pyrrole nitrogens is 1. The maximum absolute atomic E-state index is 13.4. The van der Waals surface area contributed by atoms with E-state index >= 15 is 0 Å². The molecule has 0 radical (unpaired) electrons. The minimum atomic E-state index is -0.572. The number of halogens is 2. The van der Waals surface area contributed by atoms with Crippen molar-refractivity contribution in [2.45, 2.75) is 12.3 Å². The van der Waals surface area contributed by atoms with Gasteiger partial charge in [-0.25, -0.2) is 14.4 Å². The maximum atomic E-state index is 13.4. The maximum Gasteiger partial charge on any atom is 0.253 e. The minimum Gasteiger partial charge on any atom is -0.481 e. The van der Waals surface area contributed by atoms with Crippen LogP contribution in [0.25, 0.3) is 11.3 Å². The number of pyridine rings is 1. The lowest BCUT2D eigenvalue weighted by Crippen LogP contribution is -2.29. The molecule has 0 bridgehead atoms.